The van der Waals surface area contributed by atoms with Gasteiger partial charge in [-0.25, -0.2) is 0 Å². The average Bonchev–Trinajstić information content (AvgIpc) is 3.15. The molecule has 1 unspecified atom stereocenters. The summed E-state index contributed by atoms with van der Waals surface area (Å²) in [5.41, 5.74) is 4.49. The third-order valence-corrected chi connectivity index (χ3v) is 6.59. The molecule has 0 fully saturated rings. The highest BCUT2D eigenvalue weighted by molar-refractivity contribution is 6.31. The first-order valence-electron chi connectivity index (χ1n) is 11.3. The maximum atomic E-state index is 13.4. The van der Waals surface area contributed by atoms with E-state index >= 15 is 0 Å². The fraction of sp³-hybridized carbons (Fsp3) is 0.423. The van der Waals surface area contributed by atoms with E-state index in [4.69, 9.17) is 11.6 Å². The molecule has 164 valence electrons. The fourth-order valence-corrected chi connectivity index (χ4v) is 4.75. The Labute approximate surface area is 190 Å². The molecule has 0 saturated carbocycles. The number of ketones is 1. The van der Waals surface area contributed by atoms with Gasteiger partial charge in [-0.1, -0.05) is 35.9 Å². The molecule has 3 aromatic rings. The molecule has 31 heavy (non-hydrogen) atoms. The highest BCUT2D eigenvalue weighted by atomic mass is 35.5. The van der Waals surface area contributed by atoms with Crippen LogP contribution in [0, 0.1) is 5.92 Å². The number of anilines is 1. The number of nitrogens with zero attached hydrogens (tertiary/aromatic N) is 2. The number of hydrogen-bond donors (Lipinski definition) is 1. The molecule has 1 aromatic heterocycles. The topological polar surface area (TPSA) is 37.3 Å². The number of hydrogen-bond acceptors (Lipinski definition) is 3. The predicted molar refractivity (Wildman–Crippen MR) is 130 cm³/mol. The summed E-state index contributed by atoms with van der Waals surface area (Å²) in [7, 11) is 4.13. The van der Waals surface area contributed by atoms with Gasteiger partial charge in [-0.05, 0) is 69.5 Å². The molecule has 1 aliphatic rings. The molecule has 0 bridgehead atoms. The summed E-state index contributed by atoms with van der Waals surface area (Å²) < 4.78 is 2.18. The Bertz CT molecular complexity index is 1060. The summed E-state index contributed by atoms with van der Waals surface area (Å²) in [6, 6.07) is 14.4. The smallest absolute Gasteiger partial charge is 0.165 e. The maximum Gasteiger partial charge on any atom is 0.165 e. The summed E-state index contributed by atoms with van der Waals surface area (Å²) in [6.45, 7) is 2.71. The number of fused-ring (bicyclic) bond motifs is 2. The number of carbonyl (C=O) groups is 1. The first-order chi connectivity index (χ1) is 15.0. The van der Waals surface area contributed by atoms with Gasteiger partial charge in [0.05, 0.1) is 5.52 Å². The van der Waals surface area contributed by atoms with Gasteiger partial charge in [0.25, 0.3) is 0 Å². The molecule has 0 aliphatic carbocycles. The largest absolute Gasteiger partial charge is 0.385 e. The van der Waals surface area contributed by atoms with Crippen LogP contribution in [0.2, 0.25) is 5.02 Å². The van der Waals surface area contributed by atoms with Crippen molar-refractivity contribution in [3.63, 3.8) is 0 Å². The van der Waals surface area contributed by atoms with Crippen LogP contribution in [0.1, 0.15) is 41.6 Å². The van der Waals surface area contributed by atoms with Gasteiger partial charge in [0, 0.05) is 53.9 Å². The zero-order chi connectivity index (χ0) is 21.8. The summed E-state index contributed by atoms with van der Waals surface area (Å²) in [5, 5.41) is 5.29. The van der Waals surface area contributed by atoms with Crippen molar-refractivity contribution in [2.75, 3.05) is 32.5 Å². The molecular formula is C26H32ClN3O. The molecule has 0 radical (unpaired) electrons. The first-order valence-corrected chi connectivity index (χ1v) is 11.7. The lowest BCUT2D eigenvalue weighted by Crippen LogP contribution is -2.18. The van der Waals surface area contributed by atoms with E-state index < -0.39 is 0 Å². The number of nitrogens with one attached hydrogen (secondary N) is 1. The van der Waals surface area contributed by atoms with Gasteiger partial charge in [-0.2, -0.15) is 0 Å². The number of carbonyl (C=O) groups excluding carboxylic acids is 1. The van der Waals surface area contributed by atoms with Crippen molar-refractivity contribution in [1.29, 1.82) is 0 Å². The zero-order valence-electron chi connectivity index (χ0n) is 18.5. The quantitative estimate of drug-likeness (QED) is 0.489. The van der Waals surface area contributed by atoms with Crippen LogP contribution in [0.3, 0.4) is 0 Å². The Balaban J connectivity index is 1.53. The number of rotatable bonds is 6. The predicted octanol–water partition coefficient (Wildman–Crippen LogP) is 5.88. The Hall–Kier alpha value is -2.30. The molecule has 2 aromatic carbocycles. The monoisotopic (exact) mass is 437 g/mol. The Morgan fingerprint density at radius 1 is 1.19 bits per heavy atom. The van der Waals surface area contributed by atoms with E-state index in [1.54, 1.807) is 0 Å². The minimum absolute atomic E-state index is 0.251. The van der Waals surface area contributed by atoms with E-state index in [2.05, 4.69) is 53.1 Å². The van der Waals surface area contributed by atoms with Gasteiger partial charge < -0.3 is 14.8 Å². The van der Waals surface area contributed by atoms with Crippen molar-refractivity contribution in [2.45, 2.75) is 38.6 Å². The van der Waals surface area contributed by atoms with E-state index in [1.165, 1.54) is 11.3 Å². The van der Waals surface area contributed by atoms with E-state index in [0.717, 1.165) is 61.8 Å². The second-order valence-electron chi connectivity index (χ2n) is 8.96. The van der Waals surface area contributed by atoms with E-state index in [9.17, 15) is 4.79 Å². The maximum absolute atomic E-state index is 13.4. The van der Waals surface area contributed by atoms with Gasteiger partial charge in [-0.3, -0.25) is 4.79 Å². The molecule has 4 rings (SSSR count). The summed E-state index contributed by atoms with van der Waals surface area (Å²) in [5.74, 6) is 0.661. The Morgan fingerprint density at radius 3 is 2.87 bits per heavy atom. The second kappa shape index (κ2) is 9.88. The highest BCUT2D eigenvalue weighted by Crippen LogP contribution is 2.30. The van der Waals surface area contributed by atoms with E-state index in [0.29, 0.717) is 17.4 Å². The molecule has 1 aliphatic heterocycles. The van der Waals surface area contributed by atoms with Crippen LogP contribution in [0.5, 0.6) is 0 Å². The number of likely N-dealkylation sites (N-methyl/N-ethyl adjacent to an activating group) is 1. The number of Topliss-reactive ketones (excluding diaryl/α,β-unsaturated/α-hetero) is 1. The summed E-state index contributed by atoms with van der Waals surface area (Å²) >= 11 is 6.27. The Kier molecular flexibility index (Phi) is 6.99. The van der Waals surface area contributed by atoms with Crippen LogP contribution in [0.4, 0.5) is 5.69 Å². The highest BCUT2D eigenvalue weighted by Gasteiger charge is 2.21. The lowest BCUT2D eigenvalue weighted by Gasteiger charge is -2.15. The SMILES string of the molecule is CN(C)CCn1cc(C(=O)CC2CCCNc3ccccc3CC2)c2ccc(Cl)cc21. The van der Waals surface area contributed by atoms with Crippen molar-refractivity contribution in [3.8, 4) is 0 Å². The molecule has 0 saturated heterocycles. The second-order valence-corrected chi connectivity index (χ2v) is 9.40. The van der Waals surface area contributed by atoms with Gasteiger partial charge >= 0.3 is 0 Å². The fourth-order valence-electron chi connectivity index (χ4n) is 4.58. The average molecular weight is 438 g/mol. The number of halogens is 1. The van der Waals surface area contributed by atoms with Crippen LogP contribution >= 0.6 is 11.6 Å². The number of aryl methyl sites for hydroxylation is 1. The number of benzene rings is 2. The van der Waals surface area contributed by atoms with Crippen molar-refractivity contribution < 1.29 is 4.79 Å². The van der Waals surface area contributed by atoms with Crippen molar-refractivity contribution in [2.24, 2.45) is 5.92 Å². The molecule has 1 atom stereocenters. The van der Waals surface area contributed by atoms with Crippen LogP contribution in [0.15, 0.2) is 48.7 Å². The standard InChI is InChI=1S/C26H32ClN3O/c1-29(2)14-15-30-18-23(22-12-11-21(27)17-25(22)30)26(31)16-19-6-5-13-28-24-8-4-3-7-20(24)10-9-19/h3-4,7-8,11-12,17-19,28H,5-6,9-10,13-16H2,1-2H3. The molecule has 1 N–H and O–H groups in total. The minimum Gasteiger partial charge on any atom is -0.385 e. The van der Waals surface area contributed by atoms with Gasteiger partial charge in [-0.15, -0.1) is 0 Å². The normalized spacial score (nSPS) is 17.0. The molecular weight excluding hydrogens is 406 g/mol. The van der Waals surface area contributed by atoms with Crippen molar-refractivity contribution >= 4 is 34.0 Å². The molecule has 2 heterocycles. The van der Waals surface area contributed by atoms with Crippen LogP contribution < -0.4 is 5.32 Å². The van der Waals surface area contributed by atoms with E-state index in [-0.39, 0.29) is 5.78 Å². The van der Waals surface area contributed by atoms with Gasteiger partial charge in [0.15, 0.2) is 5.78 Å². The van der Waals surface area contributed by atoms with Gasteiger partial charge in [0.1, 0.15) is 0 Å². The van der Waals surface area contributed by atoms with Crippen LogP contribution in [-0.4, -0.2) is 42.4 Å². The van der Waals surface area contributed by atoms with Crippen LogP contribution in [0.25, 0.3) is 10.9 Å². The van der Waals surface area contributed by atoms with Crippen LogP contribution in [-0.2, 0) is 13.0 Å². The third kappa shape index (κ3) is 5.31. The Morgan fingerprint density at radius 2 is 2.03 bits per heavy atom. The molecule has 5 heteroatoms. The summed E-state index contributed by atoms with van der Waals surface area (Å²) in [6.07, 6.45) is 6.89. The zero-order valence-corrected chi connectivity index (χ0v) is 19.3. The van der Waals surface area contributed by atoms with Gasteiger partial charge in [0.2, 0.25) is 0 Å². The lowest BCUT2D eigenvalue weighted by molar-refractivity contribution is 0.0957. The lowest BCUT2D eigenvalue weighted by atomic mass is 9.89. The molecule has 0 spiro atoms. The number of aromatic nitrogens is 1. The molecule has 0 amide bonds. The number of para-hydroxylation sites is 1. The van der Waals surface area contributed by atoms with Crippen molar-refractivity contribution in [1.82, 2.24) is 9.47 Å². The summed E-state index contributed by atoms with van der Waals surface area (Å²) in [4.78, 5) is 15.6. The molecule has 4 nitrogen and oxygen atoms in total. The minimum atomic E-state index is 0.251. The first kappa shape index (κ1) is 21.9. The third-order valence-electron chi connectivity index (χ3n) is 6.35. The van der Waals surface area contributed by atoms with Crippen molar-refractivity contribution in [3.05, 3.63) is 64.8 Å². The van der Waals surface area contributed by atoms with E-state index in [1.807, 2.05) is 24.4 Å².